The van der Waals surface area contributed by atoms with Crippen LogP contribution in [-0.2, 0) is 0 Å². The van der Waals surface area contributed by atoms with Crippen LogP contribution in [0.5, 0.6) is 5.75 Å². The van der Waals surface area contributed by atoms with E-state index >= 15 is 0 Å². The molecule has 1 aliphatic rings. The average Bonchev–Trinajstić information content (AvgIpc) is 2.87. The molecule has 1 aliphatic heterocycles. The van der Waals surface area contributed by atoms with Crippen molar-refractivity contribution in [3.63, 3.8) is 0 Å². The highest BCUT2D eigenvalue weighted by atomic mass is 79.9. The number of hydrogen-bond acceptors (Lipinski definition) is 3. The molecule has 0 atom stereocenters. The van der Waals surface area contributed by atoms with Gasteiger partial charge >= 0.3 is 0 Å². The summed E-state index contributed by atoms with van der Waals surface area (Å²) in [6, 6.07) is 3.24. The van der Waals surface area contributed by atoms with Gasteiger partial charge in [-0.1, -0.05) is 12.2 Å². The van der Waals surface area contributed by atoms with E-state index in [1.165, 1.54) is 12.8 Å². The summed E-state index contributed by atoms with van der Waals surface area (Å²) in [5.41, 5.74) is 5.99. The summed E-state index contributed by atoms with van der Waals surface area (Å²) in [5, 5.41) is 0. The molecule has 2 rings (SSSR count). The molecule has 3 nitrogen and oxygen atoms in total. The highest BCUT2D eigenvalue weighted by Crippen LogP contribution is 2.28. The third-order valence-electron chi connectivity index (χ3n) is 3.18. The third-order valence-corrected chi connectivity index (χ3v) is 4.17. The van der Waals surface area contributed by atoms with Crippen molar-refractivity contribution in [3.05, 3.63) is 28.0 Å². The first kappa shape index (κ1) is 14.7. The Labute approximate surface area is 126 Å². The molecule has 1 saturated heterocycles. The molecule has 0 unspecified atom stereocenters. The van der Waals surface area contributed by atoms with Gasteiger partial charge in [-0.05, 0) is 54.0 Å². The summed E-state index contributed by atoms with van der Waals surface area (Å²) in [4.78, 5) is 2.48. The van der Waals surface area contributed by atoms with Gasteiger partial charge in [-0.15, -0.1) is 0 Å². The molecule has 0 aromatic heterocycles. The van der Waals surface area contributed by atoms with Crippen LogP contribution in [0.15, 0.2) is 16.6 Å². The van der Waals surface area contributed by atoms with E-state index in [1.807, 2.05) is 0 Å². The molecule has 6 heteroatoms. The Morgan fingerprint density at radius 1 is 1.42 bits per heavy atom. The Hall–Kier alpha value is -0.720. The molecule has 1 heterocycles. The number of ether oxygens (including phenoxy) is 1. The van der Waals surface area contributed by atoms with E-state index in [0.717, 1.165) is 19.6 Å². The number of benzene rings is 1. The predicted molar refractivity (Wildman–Crippen MR) is 81.2 cm³/mol. The number of hydrogen-bond donors (Lipinski definition) is 1. The zero-order valence-corrected chi connectivity index (χ0v) is 12.9. The SMILES string of the molecule is NC(=S)c1ccc(OCCN2CCCC2)c(F)c1Br. The van der Waals surface area contributed by atoms with Crippen LogP contribution >= 0.6 is 28.1 Å². The number of nitrogens with zero attached hydrogens (tertiary/aromatic N) is 1. The van der Waals surface area contributed by atoms with Crippen LogP contribution in [0.3, 0.4) is 0 Å². The van der Waals surface area contributed by atoms with E-state index in [1.54, 1.807) is 12.1 Å². The van der Waals surface area contributed by atoms with Gasteiger partial charge < -0.3 is 10.5 Å². The van der Waals surface area contributed by atoms with Crippen LogP contribution in [0, 0.1) is 5.82 Å². The topological polar surface area (TPSA) is 38.5 Å². The van der Waals surface area contributed by atoms with Crippen molar-refractivity contribution in [2.75, 3.05) is 26.2 Å². The number of likely N-dealkylation sites (tertiary alicyclic amines) is 1. The van der Waals surface area contributed by atoms with Gasteiger partial charge in [-0.3, -0.25) is 4.90 Å². The van der Waals surface area contributed by atoms with E-state index < -0.39 is 5.82 Å². The molecule has 0 saturated carbocycles. The number of thiocarbonyl (C=S) groups is 1. The van der Waals surface area contributed by atoms with E-state index in [-0.39, 0.29) is 15.2 Å². The summed E-state index contributed by atoms with van der Waals surface area (Å²) >= 11 is 8.00. The van der Waals surface area contributed by atoms with Crippen molar-refractivity contribution in [1.82, 2.24) is 4.90 Å². The van der Waals surface area contributed by atoms with E-state index in [2.05, 4.69) is 20.8 Å². The quantitative estimate of drug-likeness (QED) is 0.832. The minimum absolute atomic E-state index is 0.161. The van der Waals surface area contributed by atoms with Gasteiger partial charge in [0.15, 0.2) is 11.6 Å². The first-order valence-corrected chi connectivity index (χ1v) is 7.42. The lowest BCUT2D eigenvalue weighted by atomic mass is 10.2. The highest BCUT2D eigenvalue weighted by molar-refractivity contribution is 9.10. The van der Waals surface area contributed by atoms with Crippen LogP contribution < -0.4 is 10.5 Å². The standard InChI is InChI=1S/C13H16BrFN2OS/c14-11-9(13(16)19)3-4-10(12(11)15)18-8-7-17-5-1-2-6-17/h3-4H,1-2,5-8H2,(H2,16,19). The lowest BCUT2D eigenvalue weighted by molar-refractivity contribution is 0.231. The first-order valence-electron chi connectivity index (χ1n) is 6.22. The zero-order chi connectivity index (χ0) is 13.8. The fraction of sp³-hybridized carbons (Fsp3) is 0.462. The summed E-state index contributed by atoms with van der Waals surface area (Å²) in [6.45, 7) is 3.52. The molecule has 0 radical (unpaired) electrons. The molecule has 2 N–H and O–H groups in total. The molecular weight excluding hydrogens is 331 g/mol. The van der Waals surface area contributed by atoms with Gasteiger partial charge in [0, 0.05) is 12.1 Å². The molecule has 0 bridgehead atoms. The summed E-state index contributed by atoms with van der Waals surface area (Å²) in [6.07, 6.45) is 2.48. The molecule has 0 amide bonds. The smallest absolute Gasteiger partial charge is 0.179 e. The van der Waals surface area contributed by atoms with Gasteiger partial charge in [0.25, 0.3) is 0 Å². The maximum Gasteiger partial charge on any atom is 0.179 e. The van der Waals surface area contributed by atoms with Crippen molar-refractivity contribution in [3.8, 4) is 5.75 Å². The maximum absolute atomic E-state index is 14.0. The first-order chi connectivity index (χ1) is 9.09. The summed E-state index contributed by atoms with van der Waals surface area (Å²) in [7, 11) is 0. The summed E-state index contributed by atoms with van der Waals surface area (Å²) < 4.78 is 19.8. The second-order valence-corrected chi connectivity index (χ2v) is 5.73. The minimum atomic E-state index is -0.452. The van der Waals surface area contributed by atoms with Crippen LogP contribution in [0.2, 0.25) is 0 Å². The third kappa shape index (κ3) is 3.64. The van der Waals surface area contributed by atoms with Crippen LogP contribution in [0.4, 0.5) is 4.39 Å². The van der Waals surface area contributed by atoms with Gasteiger partial charge in [0.2, 0.25) is 0 Å². The largest absolute Gasteiger partial charge is 0.489 e. The van der Waals surface area contributed by atoms with Crippen molar-refractivity contribution >= 4 is 33.1 Å². The highest BCUT2D eigenvalue weighted by Gasteiger charge is 2.15. The van der Waals surface area contributed by atoms with E-state index in [0.29, 0.717) is 12.2 Å². The molecule has 19 heavy (non-hydrogen) atoms. The van der Waals surface area contributed by atoms with Crippen LogP contribution in [0.1, 0.15) is 18.4 Å². The summed E-state index contributed by atoms with van der Waals surface area (Å²) in [5.74, 6) is -0.224. The fourth-order valence-corrected chi connectivity index (χ4v) is 2.97. The zero-order valence-electron chi connectivity index (χ0n) is 10.5. The number of nitrogens with two attached hydrogens (primary N) is 1. The second kappa shape index (κ2) is 6.63. The van der Waals surface area contributed by atoms with Crippen molar-refractivity contribution < 1.29 is 9.13 Å². The van der Waals surface area contributed by atoms with Gasteiger partial charge in [0.1, 0.15) is 11.6 Å². The van der Waals surface area contributed by atoms with Crippen molar-refractivity contribution in [2.24, 2.45) is 5.73 Å². The molecule has 0 aliphatic carbocycles. The average molecular weight is 347 g/mol. The molecular formula is C13H16BrFN2OS. The Bertz CT molecular complexity index is 478. The Balaban J connectivity index is 1.96. The Morgan fingerprint density at radius 2 is 2.11 bits per heavy atom. The molecule has 0 spiro atoms. The maximum atomic E-state index is 14.0. The fourth-order valence-electron chi connectivity index (χ4n) is 2.12. The van der Waals surface area contributed by atoms with E-state index in [9.17, 15) is 4.39 Å². The van der Waals surface area contributed by atoms with Gasteiger partial charge in [-0.2, -0.15) is 0 Å². The minimum Gasteiger partial charge on any atom is -0.489 e. The molecule has 1 fully saturated rings. The monoisotopic (exact) mass is 346 g/mol. The Kier molecular flexibility index (Phi) is 5.13. The van der Waals surface area contributed by atoms with Gasteiger partial charge in [-0.25, -0.2) is 4.39 Å². The van der Waals surface area contributed by atoms with Crippen molar-refractivity contribution in [2.45, 2.75) is 12.8 Å². The van der Waals surface area contributed by atoms with E-state index in [4.69, 9.17) is 22.7 Å². The lowest BCUT2D eigenvalue weighted by Crippen LogP contribution is -2.25. The number of halogens is 2. The normalized spacial score (nSPS) is 15.7. The van der Waals surface area contributed by atoms with Crippen molar-refractivity contribution in [1.29, 1.82) is 0 Å². The molecule has 1 aromatic carbocycles. The number of rotatable bonds is 5. The lowest BCUT2D eigenvalue weighted by Gasteiger charge is -2.16. The van der Waals surface area contributed by atoms with Crippen LogP contribution in [0.25, 0.3) is 0 Å². The van der Waals surface area contributed by atoms with Crippen LogP contribution in [-0.4, -0.2) is 36.1 Å². The van der Waals surface area contributed by atoms with Gasteiger partial charge in [0.05, 0.1) is 4.47 Å². The predicted octanol–water partition coefficient (Wildman–Crippen LogP) is 2.70. The molecule has 1 aromatic rings. The second-order valence-electron chi connectivity index (χ2n) is 4.50. The Morgan fingerprint density at radius 3 is 2.74 bits per heavy atom. The molecule has 104 valence electrons.